The Kier molecular flexibility index (Phi) is 2.04. The topological polar surface area (TPSA) is 59.0 Å². The predicted molar refractivity (Wildman–Crippen MR) is 32.5 cm³/mol. The Bertz CT molecular complexity index is 124. The van der Waals surface area contributed by atoms with E-state index in [2.05, 4.69) is 0 Å². The summed E-state index contributed by atoms with van der Waals surface area (Å²) in [6.45, 7) is 1.43. The Morgan fingerprint density at radius 1 is 1.78 bits per heavy atom. The maximum atomic E-state index is 8.36. The summed E-state index contributed by atoms with van der Waals surface area (Å²) in [5.41, 5.74) is 5.44. The summed E-state index contributed by atoms with van der Waals surface area (Å²) >= 11 is 0. The van der Waals surface area contributed by atoms with Gasteiger partial charge in [0, 0.05) is 12.5 Å². The first kappa shape index (κ1) is 6.53. The Hall–Kier alpha value is -0.590. The average Bonchev–Trinajstić information content (AvgIpc) is 2.37. The van der Waals surface area contributed by atoms with Crippen LogP contribution < -0.4 is 5.73 Å². The van der Waals surface area contributed by atoms with E-state index in [4.69, 9.17) is 15.7 Å². The van der Waals surface area contributed by atoms with Gasteiger partial charge in [-0.2, -0.15) is 5.26 Å². The molecule has 0 aliphatic carbocycles. The minimum absolute atomic E-state index is 0.273. The highest BCUT2D eigenvalue weighted by atomic mass is 16.5. The quantitative estimate of drug-likeness (QED) is 0.532. The fourth-order valence-electron chi connectivity index (χ4n) is 0.941. The molecule has 0 radical (unpaired) electrons. The Balaban J connectivity index is 2.34. The smallest absolute Gasteiger partial charge is 0.0979 e. The molecule has 3 nitrogen and oxygen atoms in total. The normalized spacial score (nSPS) is 29.6. The lowest BCUT2D eigenvalue weighted by atomic mass is 10.0. The van der Waals surface area contributed by atoms with Crippen LogP contribution in [0.4, 0.5) is 0 Å². The van der Waals surface area contributed by atoms with Gasteiger partial charge < -0.3 is 10.5 Å². The lowest BCUT2D eigenvalue weighted by Crippen LogP contribution is -2.28. The molecule has 9 heavy (non-hydrogen) atoms. The number of nitrogens with two attached hydrogens (primary N) is 1. The van der Waals surface area contributed by atoms with Gasteiger partial charge in [0.15, 0.2) is 0 Å². The van der Waals surface area contributed by atoms with Crippen molar-refractivity contribution < 1.29 is 4.74 Å². The molecule has 1 rings (SSSR count). The summed E-state index contributed by atoms with van der Waals surface area (Å²) < 4.78 is 5.05. The van der Waals surface area contributed by atoms with Gasteiger partial charge in [-0.05, 0) is 6.42 Å². The molecular weight excluding hydrogens is 116 g/mol. The highest BCUT2D eigenvalue weighted by molar-refractivity contribution is 4.93. The van der Waals surface area contributed by atoms with Crippen LogP contribution in [-0.4, -0.2) is 19.3 Å². The molecule has 0 spiro atoms. The van der Waals surface area contributed by atoms with Gasteiger partial charge >= 0.3 is 0 Å². The monoisotopic (exact) mass is 126 g/mol. The Morgan fingerprint density at radius 2 is 2.56 bits per heavy atom. The standard InChI is InChI=1S/C6H10N2O/c7-3-6(8)5-1-2-9-4-5/h5-6H,1-2,4,8H2/t5-,6-/m1/s1. The number of ether oxygens (including phenoxy) is 1. The molecule has 0 amide bonds. The zero-order valence-electron chi connectivity index (χ0n) is 5.21. The minimum Gasteiger partial charge on any atom is -0.381 e. The Labute approximate surface area is 54.4 Å². The second kappa shape index (κ2) is 2.81. The van der Waals surface area contributed by atoms with Crippen molar-refractivity contribution in [1.82, 2.24) is 0 Å². The zero-order valence-corrected chi connectivity index (χ0v) is 5.21. The van der Waals surface area contributed by atoms with E-state index >= 15 is 0 Å². The molecule has 1 aliphatic heterocycles. The molecule has 2 atom stereocenters. The van der Waals surface area contributed by atoms with E-state index < -0.39 is 0 Å². The van der Waals surface area contributed by atoms with Crippen molar-refractivity contribution in [3.8, 4) is 6.07 Å². The molecule has 3 heteroatoms. The van der Waals surface area contributed by atoms with E-state index in [-0.39, 0.29) is 12.0 Å². The number of nitriles is 1. The molecule has 0 saturated carbocycles. The molecule has 1 aliphatic rings. The minimum atomic E-state index is -0.326. The van der Waals surface area contributed by atoms with Gasteiger partial charge in [-0.15, -0.1) is 0 Å². The van der Waals surface area contributed by atoms with Crippen LogP contribution in [0.5, 0.6) is 0 Å². The molecule has 0 aromatic heterocycles. The van der Waals surface area contributed by atoms with Gasteiger partial charge in [0.25, 0.3) is 0 Å². The largest absolute Gasteiger partial charge is 0.381 e. The summed E-state index contributed by atoms with van der Waals surface area (Å²) in [4.78, 5) is 0. The first-order valence-electron chi connectivity index (χ1n) is 3.07. The molecule has 0 aromatic carbocycles. The van der Waals surface area contributed by atoms with E-state index in [1.807, 2.05) is 6.07 Å². The fraction of sp³-hybridized carbons (Fsp3) is 0.833. The number of rotatable bonds is 1. The maximum absolute atomic E-state index is 8.36. The van der Waals surface area contributed by atoms with Crippen LogP contribution in [0.1, 0.15) is 6.42 Å². The van der Waals surface area contributed by atoms with E-state index in [0.29, 0.717) is 6.61 Å². The fourth-order valence-corrected chi connectivity index (χ4v) is 0.941. The van der Waals surface area contributed by atoms with Gasteiger partial charge in [0.05, 0.1) is 18.7 Å². The summed E-state index contributed by atoms with van der Waals surface area (Å²) in [6.07, 6.45) is 0.939. The average molecular weight is 126 g/mol. The van der Waals surface area contributed by atoms with E-state index in [9.17, 15) is 0 Å². The van der Waals surface area contributed by atoms with Crippen molar-refractivity contribution in [2.45, 2.75) is 12.5 Å². The predicted octanol–water partition coefficient (Wildman–Crippen LogP) is -0.126. The molecule has 0 unspecified atom stereocenters. The summed E-state index contributed by atoms with van der Waals surface area (Å²) in [5, 5.41) is 8.36. The summed E-state index contributed by atoms with van der Waals surface area (Å²) in [7, 11) is 0. The highest BCUT2D eigenvalue weighted by Crippen LogP contribution is 2.14. The lowest BCUT2D eigenvalue weighted by Gasteiger charge is -2.07. The first-order valence-corrected chi connectivity index (χ1v) is 3.07. The third kappa shape index (κ3) is 1.41. The van der Waals surface area contributed by atoms with E-state index in [1.165, 1.54) is 0 Å². The van der Waals surface area contributed by atoms with Crippen LogP contribution in [0.3, 0.4) is 0 Å². The number of nitrogens with zero attached hydrogens (tertiary/aromatic N) is 1. The van der Waals surface area contributed by atoms with Crippen molar-refractivity contribution >= 4 is 0 Å². The van der Waals surface area contributed by atoms with Gasteiger partial charge in [-0.25, -0.2) is 0 Å². The van der Waals surface area contributed by atoms with Gasteiger partial charge in [-0.1, -0.05) is 0 Å². The molecular formula is C6H10N2O. The molecule has 0 bridgehead atoms. The third-order valence-electron chi connectivity index (χ3n) is 1.62. The molecule has 0 aromatic rings. The first-order chi connectivity index (χ1) is 4.34. The highest BCUT2D eigenvalue weighted by Gasteiger charge is 2.21. The Morgan fingerprint density at radius 3 is 3.00 bits per heavy atom. The van der Waals surface area contributed by atoms with Crippen molar-refractivity contribution in [2.24, 2.45) is 11.7 Å². The number of hydrogen-bond acceptors (Lipinski definition) is 3. The van der Waals surface area contributed by atoms with Gasteiger partial charge in [-0.3, -0.25) is 0 Å². The van der Waals surface area contributed by atoms with E-state index in [0.717, 1.165) is 13.0 Å². The summed E-state index contributed by atoms with van der Waals surface area (Å²) in [5.74, 6) is 0.273. The van der Waals surface area contributed by atoms with Crippen molar-refractivity contribution in [1.29, 1.82) is 5.26 Å². The lowest BCUT2D eigenvalue weighted by molar-refractivity contribution is 0.184. The van der Waals surface area contributed by atoms with Crippen molar-refractivity contribution in [3.05, 3.63) is 0 Å². The van der Waals surface area contributed by atoms with Crippen LogP contribution in [0, 0.1) is 17.2 Å². The summed E-state index contributed by atoms with van der Waals surface area (Å²) in [6, 6.07) is 1.68. The van der Waals surface area contributed by atoms with Crippen LogP contribution in [0.2, 0.25) is 0 Å². The molecule has 1 heterocycles. The van der Waals surface area contributed by atoms with Gasteiger partial charge in [0.2, 0.25) is 0 Å². The van der Waals surface area contributed by atoms with Gasteiger partial charge in [0.1, 0.15) is 0 Å². The molecule has 1 fully saturated rings. The van der Waals surface area contributed by atoms with Crippen LogP contribution in [0.15, 0.2) is 0 Å². The zero-order chi connectivity index (χ0) is 6.69. The third-order valence-corrected chi connectivity index (χ3v) is 1.62. The van der Waals surface area contributed by atoms with Crippen molar-refractivity contribution in [3.63, 3.8) is 0 Å². The molecule has 50 valence electrons. The molecule has 2 N–H and O–H groups in total. The van der Waals surface area contributed by atoms with Crippen LogP contribution >= 0.6 is 0 Å². The molecule has 1 saturated heterocycles. The number of hydrogen-bond donors (Lipinski definition) is 1. The van der Waals surface area contributed by atoms with Crippen LogP contribution in [-0.2, 0) is 4.74 Å². The maximum Gasteiger partial charge on any atom is 0.0979 e. The van der Waals surface area contributed by atoms with Crippen LogP contribution in [0.25, 0.3) is 0 Å². The van der Waals surface area contributed by atoms with E-state index in [1.54, 1.807) is 0 Å². The van der Waals surface area contributed by atoms with Crippen molar-refractivity contribution in [2.75, 3.05) is 13.2 Å². The second-order valence-electron chi connectivity index (χ2n) is 2.28. The SMILES string of the molecule is N#C[C@@H](N)[C@@H]1CCOC1. The second-order valence-corrected chi connectivity index (χ2v) is 2.28.